The molecular formula is C17H17ClFN3O2. The lowest BCUT2D eigenvalue weighted by Crippen LogP contribution is -2.30. The standard InChI is InChI=1S/C17H17ClFN3O2/c1-11(23)20-14-7-8-16(15(18)9-14)21-17(24)22(2)10-12-3-5-13(19)6-4-12/h3-9H,10H2,1-2H3,(H,20,23)(H,21,24). The lowest BCUT2D eigenvalue weighted by atomic mass is 10.2. The van der Waals surface area contributed by atoms with Gasteiger partial charge in [-0.25, -0.2) is 9.18 Å². The number of nitrogens with zero attached hydrogens (tertiary/aromatic N) is 1. The van der Waals surface area contributed by atoms with E-state index in [4.69, 9.17) is 11.6 Å². The summed E-state index contributed by atoms with van der Waals surface area (Å²) in [4.78, 5) is 24.7. The van der Waals surface area contributed by atoms with Crippen LogP contribution in [-0.2, 0) is 11.3 Å². The molecule has 0 radical (unpaired) electrons. The van der Waals surface area contributed by atoms with Crippen LogP contribution in [0.3, 0.4) is 0 Å². The van der Waals surface area contributed by atoms with Crippen LogP contribution in [0.25, 0.3) is 0 Å². The van der Waals surface area contributed by atoms with Crippen molar-refractivity contribution in [2.24, 2.45) is 0 Å². The van der Waals surface area contributed by atoms with E-state index in [9.17, 15) is 14.0 Å². The molecule has 5 nitrogen and oxygen atoms in total. The van der Waals surface area contributed by atoms with Crippen molar-refractivity contribution in [1.29, 1.82) is 0 Å². The summed E-state index contributed by atoms with van der Waals surface area (Å²) in [6.07, 6.45) is 0. The Kier molecular flexibility index (Phi) is 5.76. The maximum Gasteiger partial charge on any atom is 0.321 e. The Morgan fingerprint density at radius 2 is 1.79 bits per heavy atom. The fourth-order valence-corrected chi connectivity index (χ4v) is 2.27. The highest BCUT2D eigenvalue weighted by atomic mass is 35.5. The molecule has 3 amide bonds. The lowest BCUT2D eigenvalue weighted by molar-refractivity contribution is -0.114. The number of carbonyl (C=O) groups is 2. The second-order valence-corrected chi connectivity index (χ2v) is 5.70. The number of hydrogen-bond donors (Lipinski definition) is 2. The number of carbonyl (C=O) groups excluding carboxylic acids is 2. The molecule has 0 unspecified atom stereocenters. The van der Waals surface area contributed by atoms with Crippen LogP contribution in [-0.4, -0.2) is 23.9 Å². The quantitative estimate of drug-likeness (QED) is 0.872. The Hall–Kier alpha value is -2.60. The normalized spacial score (nSPS) is 10.2. The van der Waals surface area contributed by atoms with Crippen molar-refractivity contribution in [3.05, 3.63) is 58.9 Å². The summed E-state index contributed by atoms with van der Waals surface area (Å²) in [5.41, 5.74) is 1.79. The largest absolute Gasteiger partial charge is 0.326 e. The summed E-state index contributed by atoms with van der Waals surface area (Å²) in [6, 6.07) is 10.4. The molecule has 0 aliphatic heterocycles. The van der Waals surface area contributed by atoms with Crippen LogP contribution in [0, 0.1) is 5.82 Å². The highest BCUT2D eigenvalue weighted by molar-refractivity contribution is 6.34. The van der Waals surface area contributed by atoms with E-state index in [1.165, 1.54) is 24.0 Å². The first-order valence-corrected chi connectivity index (χ1v) is 7.56. The van der Waals surface area contributed by atoms with Crippen LogP contribution in [0.2, 0.25) is 5.02 Å². The fourth-order valence-electron chi connectivity index (χ4n) is 2.04. The van der Waals surface area contributed by atoms with Crippen molar-refractivity contribution >= 4 is 34.9 Å². The third kappa shape index (κ3) is 4.96. The van der Waals surface area contributed by atoms with Gasteiger partial charge in [-0.3, -0.25) is 4.79 Å². The molecule has 2 aromatic rings. The van der Waals surface area contributed by atoms with Gasteiger partial charge < -0.3 is 15.5 Å². The summed E-state index contributed by atoms with van der Waals surface area (Å²) in [7, 11) is 1.62. The first-order chi connectivity index (χ1) is 11.3. The SMILES string of the molecule is CC(=O)Nc1ccc(NC(=O)N(C)Cc2ccc(F)cc2)c(Cl)c1. The summed E-state index contributed by atoms with van der Waals surface area (Å²) in [6.45, 7) is 1.72. The molecule has 0 aromatic heterocycles. The smallest absolute Gasteiger partial charge is 0.321 e. The Labute approximate surface area is 144 Å². The van der Waals surface area contributed by atoms with Crippen molar-refractivity contribution < 1.29 is 14.0 Å². The van der Waals surface area contributed by atoms with Crippen molar-refractivity contribution in [2.75, 3.05) is 17.7 Å². The van der Waals surface area contributed by atoms with E-state index >= 15 is 0 Å². The van der Waals surface area contributed by atoms with Gasteiger partial charge in [0.2, 0.25) is 5.91 Å². The molecule has 7 heteroatoms. The number of rotatable bonds is 4. The lowest BCUT2D eigenvalue weighted by Gasteiger charge is -2.19. The molecule has 0 fully saturated rings. The van der Waals surface area contributed by atoms with Gasteiger partial charge in [0.25, 0.3) is 0 Å². The minimum absolute atomic E-state index is 0.207. The first-order valence-electron chi connectivity index (χ1n) is 7.19. The van der Waals surface area contributed by atoms with Gasteiger partial charge in [-0.05, 0) is 35.9 Å². The van der Waals surface area contributed by atoms with Crippen molar-refractivity contribution in [3.63, 3.8) is 0 Å². The monoisotopic (exact) mass is 349 g/mol. The third-order valence-corrected chi connectivity index (χ3v) is 3.52. The summed E-state index contributed by atoms with van der Waals surface area (Å²) < 4.78 is 12.9. The molecule has 0 saturated heterocycles. The number of hydrogen-bond acceptors (Lipinski definition) is 2. The summed E-state index contributed by atoms with van der Waals surface area (Å²) >= 11 is 6.11. The molecule has 2 N–H and O–H groups in total. The molecule has 0 aliphatic rings. The number of anilines is 2. The zero-order valence-corrected chi connectivity index (χ0v) is 14.0. The second-order valence-electron chi connectivity index (χ2n) is 5.29. The second kappa shape index (κ2) is 7.79. The van der Waals surface area contributed by atoms with Crippen LogP contribution in [0.5, 0.6) is 0 Å². The molecular weight excluding hydrogens is 333 g/mol. The Morgan fingerprint density at radius 1 is 1.12 bits per heavy atom. The van der Waals surface area contributed by atoms with E-state index in [1.807, 2.05) is 0 Å². The van der Waals surface area contributed by atoms with E-state index < -0.39 is 0 Å². The van der Waals surface area contributed by atoms with Gasteiger partial charge in [0.15, 0.2) is 0 Å². The van der Waals surface area contributed by atoms with Gasteiger partial charge >= 0.3 is 6.03 Å². The Bertz CT molecular complexity index is 750. The van der Waals surface area contributed by atoms with Gasteiger partial charge in [0, 0.05) is 26.2 Å². The Balaban J connectivity index is 2.00. The molecule has 126 valence electrons. The average molecular weight is 350 g/mol. The predicted octanol–water partition coefficient (Wildman–Crippen LogP) is 4.10. The molecule has 24 heavy (non-hydrogen) atoms. The molecule has 2 aromatic carbocycles. The molecule has 0 heterocycles. The topological polar surface area (TPSA) is 61.4 Å². The molecule has 0 saturated carbocycles. The van der Waals surface area contributed by atoms with Crippen molar-refractivity contribution in [2.45, 2.75) is 13.5 Å². The predicted molar refractivity (Wildman–Crippen MR) is 92.6 cm³/mol. The number of benzene rings is 2. The van der Waals surface area contributed by atoms with Crippen LogP contribution in [0.1, 0.15) is 12.5 Å². The maximum atomic E-state index is 12.9. The maximum absolute atomic E-state index is 12.9. The highest BCUT2D eigenvalue weighted by Crippen LogP contribution is 2.25. The number of halogens is 2. The van der Waals surface area contributed by atoms with Crippen LogP contribution >= 0.6 is 11.6 Å². The van der Waals surface area contributed by atoms with Gasteiger partial charge in [0.05, 0.1) is 10.7 Å². The minimum Gasteiger partial charge on any atom is -0.326 e. The van der Waals surface area contributed by atoms with E-state index in [1.54, 1.807) is 37.4 Å². The molecule has 0 bridgehead atoms. The van der Waals surface area contributed by atoms with Gasteiger partial charge in [0.1, 0.15) is 5.82 Å². The van der Waals surface area contributed by atoms with Crippen molar-refractivity contribution in [1.82, 2.24) is 4.90 Å². The molecule has 0 atom stereocenters. The molecule has 2 rings (SSSR count). The van der Waals surface area contributed by atoms with E-state index in [-0.39, 0.29) is 17.8 Å². The number of nitrogens with one attached hydrogen (secondary N) is 2. The van der Waals surface area contributed by atoms with Crippen molar-refractivity contribution in [3.8, 4) is 0 Å². The number of urea groups is 1. The van der Waals surface area contributed by atoms with Crippen LogP contribution < -0.4 is 10.6 Å². The minimum atomic E-state index is -0.353. The fraction of sp³-hybridized carbons (Fsp3) is 0.176. The van der Waals surface area contributed by atoms with Gasteiger partial charge in [-0.2, -0.15) is 0 Å². The number of amides is 3. The molecule has 0 aliphatic carbocycles. The van der Waals surface area contributed by atoms with Crippen LogP contribution in [0.15, 0.2) is 42.5 Å². The van der Waals surface area contributed by atoms with E-state index in [0.717, 1.165) is 5.56 Å². The summed E-state index contributed by atoms with van der Waals surface area (Å²) in [5, 5.41) is 5.61. The summed E-state index contributed by atoms with van der Waals surface area (Å²) in [5.74, 6) is -0.529. The Morgan fingerprint density at radius 3 is 2.38 bits per heavy atom. The molecule has 0 spiro atoms. The van der Waals surface area contributed by atoms with Crippen LogP contribution in [0.4, 0.5) is 20.6 Å². The first kappa shape index (κ1) is 17.7. The highest BCUT2D eigenvalue weighted by Gasteiger charge is 2.12. The third-order valence-electron chi connectivity index (χ3n) is 3.21. The van der Waals surface area contributed by atoms with E-state index in [2.05, 4.69) is 10.6 Å². The van der Waals surface area contributed by atoms with Gasteiger partial charge in [-0.1, -0.05) is 23.7 Å². The zero-order valence-electron chi connectivity index (χ0n) is 13.3. The van der Waals surface area contributed by atoms with E-state index in [0.29, 0.717) is 22.9 Å². The zero-order chi connectivity index (χ0) is 17.7. The van der Waals surface area contributed by atoms with Gasteiger partial charge in [-0.15, -0.1) is 0 Å². The average Bonchev–Trinajstić information content (AvgIpc) is 2.51.